The number of nitrogens with zero attached hydrogens (tertiary/aromatic N) is 2. The normalized spacial score (nSPS) is 31.8. The van der Waals surface area contributed by atoms with Crippen LogP contribution in [0.3, 0.4) is 0 Å². The SMILES string of the molecule is C[C@H]1OC(=O)[C@]2(O)CC(F)(F)[C@@H](C)[C@H](C=Cc3ccc(-c4ccccc4C#N)cn3)[C@H]12. The van der Waals surface area contributed by atoms with Crippen LogP contribution in [0.5, 0.6) is 0 Å². The van der Waals surface area contributed by atoms with Gasteiger partial charge in [0, 0.05) is 29.2 Å². The largest absolute Gasteiger partial charge is 0.460 e. The van der Waals surface area contributed by atoms with E-state index in [0.29, 0.717) is 11.3 Å². The van der Waals surface area contributed by atoms with Crippen LogP contribution in [0.2, 0.25) is 0 Å². The summed E-state index contributed by atoms with van der Waals surface area (Å²) in [6.07, 6.45) is 3.25. The first-order valence-electron chi connectivity index (χ1n) is 10.1. The molecule has 1 aromatic carbocycles. The Kier molecular flexibility index (Phi) is 5.14. The third kappa shape index (κ3) is 3.51. The molecule has 1 aromatic heterocycles. The van der Waals surface area contributed by atoms with Crippen LogP contribution in [0.25, 0.3) is 17.2 Å². The number of hydrogen-bond acceptors (Lipinski definition) is 5. The number of allylic oxidation sites excluding steroid dienone is 1. The van der Waals surface area contributed by atoms with Crippen LogP contribution in [-0.4, -0.2) is 33.7 Å². The Morgan fingerprint density at radius 2 is 2.00 bits per heavy atom. The lowest BCUT2D eigenvalue weighted by Crippen LogP contribution is -2.57. The molecule has 2 aliphatic rings. The Hall–Kier alpha value is -3.11. The highest BCUT2D eigenvalue weighted by atomic mass is 19.3. The highest BCUT2D eigenvalue weighted by molar-refractivity contribution is 5.83. The average molecular weight is 424 g/mol. The maximum Gasteiger partial charge on any atom is 0.339 e. The minimum atomic E-state index is -3.21. The van der Waals surface area contributed by atoms with Crippen LogP contribution in [0, 0.1) is 29.1 Å². The molecule has 5 atom stereocenters. The number of benzene rings is 1. The molecule has 1 aliphatic carbocycles. The van der Waals surface area contributed by atoms with Gasteiger partial charge >= 0.3 is 5.97 Å². The fraction of sp³-hybridized carbons (Fsp3) is 0.375. The van der Waals surface area contributed by atoms with Gasteiger partial charge in [0.05, 0.1) is 23.7 Å². The number of carbonyl (C=O) groups excluding carboxylic acids is 1. The minimum absolute atomic E-state index is 0.532. The summed E-state index contributed by atoms with van der Waals surface area (Å²) in [5, 5.41) is 20.0. The van der Waals surface area contributed by atoms with Crippen molar-refractivity contribution in [2.45, 2.75) is 37.9 Å². The fourth-order valence-corrected chi connectivity index (χ4v) is 4.79. The zero-order valence-corrected chi connectivity index (χ0v) is 17.1. The lowest BCUT2D eigenvalue weighted by atomic mass is 9.62. The maximum atomic E-state index is 14.6. The van der Waals surface area contributed by atoms with E-state index in [0.717, 1.165) is 11.1 Å². The second kappa shape index (κ2) is 7.54. The van der Waals surface area contributed by atoms with E-state index in [1.165, 1.54) is 6.92 Å². The number of carbonyl (C=O) groups is 1. The van der Waals surface area contributed by atoms with Crippen molar-refractivity contribution in [3.05, 3.63) is 59.9 Å². The molecule has 2 aromatic rings. The molecule has 1 aliphatic heterocycles. The predicted octanol–water partition coefficient (Wildman–Crippen LogP) is 4.22. The van der Waals surface area contributed by atoms with Gasteiger partial charge in [0.1, 0.15) is 6.10 Å². The van der Waals surface area contributed by atoms with Crippen molar-refractivity contribution < 1.29 is 23.4 Å². The van der Waals surface area contributed by atoms with Crippen molar-refractivity contribution in [1.82, 2.24) is 4.98 Å². The van der Waals surface area contributed by atoms with Crippen LogP contribution in [-0.2, 0) is 9.53 Å². The molecule has 5 nitrogen and oxygen atoms in total. The van der Waals surface area contributed by atoms with Gasteiger partial charge in [0.2, 0.25) is 0 Å². The monoisotopic (exact) mass is 424 g/mol. The predicted molar refractivity (Wildman–Crippen MR) is 110 cm³/mol. The summed E-state index contributed by atoms with van der Waals surface area (Å²) in [6, 6.07) is 12.9. The summed E-state index contributed by atoms with van der Waals surface area (Å²) in [5.41, 5.74) is 0.410. The molecule has 1 saturated carbocycles. The summed E-state index contributed by atoms with van der Waals surface area (Å²) in [5.74, 6) is -6.79. The number of aliphatic hydroxyl groups is 1. The number of ether oxygens (including phenoxy) is 1. The van der Waals surface area contributed by atoms with Gasteiger partial charge in [0.25, 0.3) is 5.92 Å². The Morgan fingerprint density at radius 1 is 1.26 bits per heavy atom. The molecule has 160 valence electrons. The summed E-state index contributed by atoms with van der Waals surface area (Å²) in [7, 11) is 0. The van der Waals surface area contributed by atoms with E-state index >= 15 is 0 Å². The molecule has 0 spiro atoms. The van der Waals surface area contributed by atoms with Crippen LogP contribution < -0.4 is 0 Å². The van der Waals surface area contributed by atoms with E-state index in [1.54, 1.807) is 43.5 Å². The molecule has 1 saturated heterocycles. The molecule has 0 radical (unpaired) electrons. The van der Waals surface area contributed by atoms with E-state index in [1.807, 2.05) is 18.2 Å². The Balaban J connectivity index is 1.62. The first-order valence-corrected chi connectivity index (χ1v) is 10.1. The van der Waals surface area contributed by atoms with Crippen LogP contribution in [0.4, 0.5) is 8.78 Å². The summed E-state index contributed by atoms with van der Waals surface area (Å²) in [4.78, 5) is 16.5. The van der Waals surface area contributed by atoms with Gasteiger partial charge in [-0.05, 0) is 31.1 Å². The zero-order chi connectivity index (χ0) is 22.4. The van der Waals surface area contributed by atoms with Gasteiger partial charge in [-0.1, -0.05) is 37.3 Å². The van der Waals surface area contributed by atoms with Gasteiger partial charge in [-0.2, -0.15) is 5.26 Å². The Labute approximate surface area is 179 Å². The quantitative estimate of drug-likeness (QED) is 0.746. The van der Waals surface area contributed by atoms with Crippen LogP contribution in [0.1, 0.15) is 31.5 Å². The van der Waals surface area contributed by atoms with Gasteiger partial charge in [0.15, 0.2) is 5.60 Å². The number of alkyl halides is 2. The topological polar surface area (TPSA) is 83.2 Å². The van der Waals surface area contributed by atoms with E-state index in [2.05, 4.69) is 11.1 Å². The summed E-state index contributed by atoms with van der Waals surface area (Å²) < 4.78 is 34.4. The number of nitriles is 1. The molecule has 2 heterocycles. The third-order valence-electron chi connectivity index (χ3n) is 6.50. The van der Waals surface area contributed by atoms with Crippen molar-refractivity contribution in [1.29, 1.82) is 5.26 Å². The number of rotatable bonds is 3. The van der Waals surface area contributed by atoms with Crippen molar-refractivity contribution in [3.8, 4) is 17.2 Å². The third-order valence-corrected chi connectivity index (χ3v) is 6.50. The van der Waals surface area contributed by atoms with Crippen LogP contribution >= 0.6 is 0 Å². The Bertz CT molecular complexity index is 1080. The molecular weight excluding hydrogens is 402 g/mol. The Morgan fingerprint density at radius 3 is 2.68 bits per heavy atom. The number of aromatic nitrogens is 1. The number of halogens is 2. The first-order chi connectivity index (χ1) is 14.7. The smallest absolute Gasteiger partial charge is 0.339 e. The van der Waals surface area contributed by atoms with E-state index in [9.17, 15) is 23.9 Å². The van der Waals surface area contributed by atoms with Gasteiger partial charge in [-0.15, -0.1) is 0 Å². The first kappa shape index (κ1) is 21.1. The summed E-state index contributed by atoms with van der Waals surface area (Å²) >= 11 is 0. The highest BCUT2D eigenvalue weighted by Crippen LogP contribution is 2.54. The minimum Gasteiger partial charge on any atom is -0.460 e. The number of cyclic esters (lactones) is 1. The molecule has 1 N–H and O–H groups in total. The zero-order valence-electron chi connectivity index (χ0n) is 17.1. The highest BCUT2D eigenvalue weighted by Gasteiger charge is 2.67. The molecular formula is C24H22F2N2O3. The van der Waals surface area contributed by atoms with Gasteiger partial charge in [-0.25, -0.2) is 13.6 Å². The van der Waals surface area contributed by atoms with Crippen molar-refractivity contribution in [3.63, 3.8) is 0 Å². The molecule has 7 heteroatoms. The second-order valence-corrected chi connectivity index (χ2v) is 8.35. The van der Waals surface area contributed by atoms with E-state index < -0.39 is 47.8 Å². The van der Waals surface area contributed by atoms with Crippen molar-refractivity contribution in [2.75, 3.05) is 0 Å². The average Bonchev–Trinajstić information content (AvgIpc) is 2.96. The van der Waals surface area contributed by atoms with Crippen molar-refractivity contribution >= 4 is 12.0 Å². The molecule has 0 amide bonds. The van der Waals surface area contributed by atoms with E-state index in [4.69, 9.17) is 4.74 Å². The fourth-order valence-electron chi connectivity index (χ4n) is 4.79. The molecule has 4 rings (SSSR count). The van der Waals surface area contributed by atoms with Crippen LogP contribution in [0.15, 0.2) is 48.7 Å². The second-order valence-electron chi connectivity index (χ2n) is 8.35. The molecule has 0 unspecified atom stereocenters. The number of esters is 1. The summed E-state index contributed by atoms with van der Waals surface area (Å²) in [6.45, 7) is 3.05. The standard InChI is InChI=1S/C24H22F2N2O3/c1-14-19(21-15(2)31-22(29)23(21,30)13-24(14,25)26)10-9-18-8-7-17(12-28-18)20-6-4-3-5-16(20)11-27/h3-10,12,14-15,19,21,30H,13H2,1-2H3/t14-,15+,19-,21-,23-/m0/s1. The number of fused-ring (bicyclic) bond motifs is 1. The number of hydrogen-bond donors (Lipinski definition) is 1. The molecule has 0 bridgehead atoms. The maximum absolute atomic E-state index is 14.6. The molecule has 2 fully saturated rings. The molecule has 31 heavy (non-hydrogen) atoms. The lowest BCUT2D eigenvalue weighted by molar-refractivity contribution is -0.193. The van der Waals surface area contributed by atoms with Crippen molar-refractivity contribution in [2.24, 2.45) is 17.8 Å². The van der Waals surface area contributed by atoms with E-state index in [-0.39, 0.29) is 0 Å². The number of pyridine rings is 1. The van der Waals surface area contributed by atoms with Gasteiger partial charge < -0.3 is 9.84 Å². The lowest BCUT2D eigenvalue weighted by Gasteiger charge is -2.45. The van der Waals surface area contributed by atoms with Gasteiger partial charge in [-0.3, -0.25) is 4.98 Å².